The first-order valence-electron chi connectivity index (χ1n) is 7.34. The molecule has 1 amide bonds. The first kappa shape index (κ1) is 18.4. The highest BCUT2D eigenvalue weighted by Crippen LogP contribution is 2.23. The maximum atomic E-state index is 12.3. The fourth-order valence-electron chi connectivity index (χ4n) is 2.07. The van der Waals surface area contributed by atoms with Crippen molar-refractivity contribution in [2.45, 2.75) is 13.3 Å². The summed E-state index contributed by atoms with van der Waals surface area (Å²) < 4.78 is 4.86. The highest BCUT2D eigenvalue weighted by Gasteiger charge is 2.16. The third kappa shape index (κ3) is 5.29. The van der Waals surface area contributed by atoms with Gasteiger partial charge in [-0.15, -0.1) is 0 Å². The van der Waals surface area contributed by atoms with Gasteiger partial charge in [0.25, 0.3) is 11.6 Å². The zero-order valence-corrected chi connectivity index (χ0v) is 14.1. The maximum Gasteiger partial charge on any atom is 0.302 e. The van der Waals surface area contributed by atoms with Gasteiger partial charge in [0.2, 0.25) is 0 Å². The van der Waals surface area contributed by atoms with E-state index in [0.717, 1.165) is 11.6 Å². The second kappa shape index (κ2) is 8.25. The van der Waals surface area contributed by atoms with Crippen LogP contribution in [0.25, 0.3) is 0 Å². The van der Waals surface area contributed by atoms with E-state index in [1.165, 1.54) is 19.1 Å². The van der Waals surface area contributed by atoms with Gasteiger partial charge in [0.15, 0.2) is 0 Å². The van der Waals surface area contributed by atoms with Crippen LogP contribution in [0.4, 0.5) is 11.4 Å². The Hall–Kier alpha value is -2.93. The summed E-state index contributed by atoms with van der Waals surface area (Å²) in [6, 6.07) is 10.6. The number of hydrogen-bond acceptors (Lipinski definition) is 5. The zero-order valence-electron chi connectivity index (χ0n) is 13.3. The first-order valence-corrected chi connectivity index (χ1v) is 7.72. The molecule has 0 saturated carbocycles. The molecule has 0 heterocycles. The first-order chi connectivity index (χ1) is 11.9. The van der Waals surface area contributed by atoms with Crippen LogP contribution in [0.2, 0.25) is 5.02 Å². The smallest absolute Gasteiger partial charge is 0.302 e. The summed E-state index contributed by atoms with van der Waals surface area (Å²) in [5.41, 5.74) is 1.27. The van der Waals surface area contributed by atoms with E-state index < -0.39 is 10.8 Å². The Bertz CT molecular complexity index is 805. The van der Waals surface area contributed by atoms with Crippen LogP contribution in [-0.4, -0.2) is 23.4 Å². The fraction of sp³-hybridized carbons (Fsp3) is 0.176. The Labute approximate surface area is 148 Å². The lowest BCUT2D eigenvalue weighted by Gasteiger charge is -2.08. The molecule has 0 aliphatic carbocycles. The van der Waals surface area contributed by atoms with Crippen molar-refractivity contribution in [3.63, 3.8) is 0 Å². The van der Waals surface area contributed by atoms with E-state index in [-0.39, 0.29) is 28.8 Å². The van der Waals surface area contributed by atoms with Crippen molar-refractivity contribution < 1.29 is 19.2 Å². The summed E-state index contributed by atoms with van der Waals surface area (Å²) in [7, 11) is 0. The molecule has 0 unspecified atom stereocenters. The second-order valence-electron chi connectivity index (χ2n) is 5.16. The summed E-state index contributed by atoms with van der Waals surface area (Å²) >= 11 is 5.95. The van der Waals surface area contributed by atoms with Crippen molar-refractivity contribution in [3.05, 3.63) is 68.7 Å². The Morgan fingerprint density at radius 2 is 1.88 bits per heavy atom. The number of benzene rings is 2. The zero-order chi connectivity index (χ0) is 18.4. The van der Waals surface area contributed by atoms with Crippen LogP contribution in [0.15, 0.2) is 42.5 Å². The van der Waals surface area contributed by atoms with Gasteiger partial charge in [-0.05, 0) is 23.8 Å². The van der Waals surface area contributed by atoms with Crippen LogP contribution in [0.1, 0.15) is 22.8 Å². The number of hydrogen-bond donors (Lipinski definition) is 1. The predicted octanol–water partition coefficient (Wildman–Crippen LogP) is 3.61. The normalized spacial score (nSPS) is 10.2. The van der Waals surface area contributed by atoms with Gasteiger partial charge in [-0.1, -0.05) is 23.7 Å². The number of nitro groups is 1. The number of carbonyl (C=O) groups is 2. The van der Waals surface area contributed by atoms with E-state index in [0.29, 0.717) is 12.1 Å². The molecule has 0 aliphatic rings. The van der Waals surface area contributed by atoms with E-state index in [2.05, 4.69) is 5.32 Å². The van der Waals surface area contributed by atoms with Crippen LogP contribution in [0.5, 0.6) is 0 Å². The molecule has 0 aliphatic heterocycles. The molecule has 25 heavy (non-hydrogen) atoms. The number of amides is 1. The standard InChI is InChI=1S/C17H15ClN2O5/c1-11(21)25-9-8-12-2-4-13(5-3-12)19-17(22)15-10-14(20(23)24)6-7-16(15)18/h2-7,10H,8-9H2,1H3,(H,19,22). The molecule has 0 saturated heterocycles. The lowest BCUT2D eigenvalue weighted by molar-refractivity contribution is -0.384. The number of esters is 1. The molecule has 2 rings (SSSR count). The highest BCUT2D eigenvalue weighted by atomic mass is 35.5. The largest absolute Gasteiger partial charge is 0.466 e. The number of nitrogens with one attached hydrogen (secondary N) is 1. The number of nitro benzene ring substituents is 1. The lowest BCUT2D eigenvalue weighted by atomic mass is 10.1. The van der Waals surface area contributed by atoms with Gasteiger partial charge in [-0.2, -0.15) is 0 Å². The molecule has 0 spiro atoms. The Morgan fingerprint density at radius 3 is 2.48 bits per heavy atom. The quantitative estimate of drug-likeness (QED) is 0.481. The molecule has 0 fully saturated rings. The molecule has 0 bridgehead atoms. The number of rotatable bonds is 6. The Balaban J connectivity index is 2.04. The predicted molar refractivity (Wildman–Crippen MR) is 92.8 cm³/mol. The number of anilines is 1. The molecule has 130 valence electrons. The molecule has 1 N–H and O–H groups in total. The molecule has 7 nitrogen and oxygen atoms in total. The molecule has 2 aromatic rings. The molecule has 2 aromatic carbocycles. The average molecular weight is 363 g/mol. The summed E-state index contributed by atoms with van der Waals surface area (Å²) in [5, 5.41) is 13.6. The summed E-state index contributed by atoms with van der Waals surface area (Å²) in [6.45, 7) is 1.63. The molecule has 0 aromatic heterocycles. The van der Waals surface area contributed by atoms with Gasteiger partial charge in [0, 0.05) is 31.2 Å². The van der Waals surface area contributed by atoms with E-state index in [1.807, 2.05) is 0 Å². The summed E-state index contributed by atoms with van der Waals surface area (Å²) in [6.07, 6.45) is 0.560. The van der Waals surface area contributed by atoms with Crippen LogP contribution < -0.4 is 5.32 Å². The third-order valence-corrected chi connectivity index (χ3v) is 3.64. The van der Waals surface area contributed by atoms with Crippen molar-refractivity contribution in [3.8, 4) is 0 Å². The van der Waals surface area contributed by atoms with Crippen molar-refractivity contribution in [1.82, 2.24) is 0 Å². The SMILES string of the molecule is CC(=O)OCCc1ccc(NC(=O)c2cc([N+](=O)[O-])ccc2Cl)cc1. The van der Waals surface area contributed by atoms with Gasteiger partial charge >= 0.3 is 5.97 Å². The Morgan fingerprint density at radius 1 is 1.20 bits per heavy atom. The number of non-ortho nitro benzene ring substituents is 1. The van der Waals surface area contributed by atoms with Crippen LogP contribution in [0.3, 0.4) is 0 Å². The van der Waals surface area contributed by atoms with Crippen molar-refractivity contribution in [2.24, 2.45) is 0 Å². The summed E-state index contributed by atoms with van der Waals surface area (Å²) in [4.78, 5) is 33.2. The van der Waals surface area contributed by atoms with E-state index in [4.69, 9.17) is 16.3 Å². The minimum Gasteiger partial charge on any atom is -0.466 e. The van der Waals surface area contributed by atoms with Gasteiger partial charge < -0.3 is 10.1 Å². The number of halogens is 1. The topological polar surface area (TPSA) is 98.5 Å². The van der Waals surface area contributed by atoms with Crippen LogP contribution in [0, 0.1) is 10.1 Å². The number of nitrogens with zero attached hydrogens (tertiary/aromatic N) is 1. The molecule has 8 heteroatoms. The molecule has 0 radical (unpaired) electrons. The van der Waals surface area contributed by atoms with Gasteiger partial charge in [-0.3, -0.25) is 19.7 Å². The Kier molecular flexibility index (Phi) is 6.08. The van der Waals surface area contributed by atoms with Crippen molar-refractivity contribution in [1.29, 1.82) is 0 Å². The molecular weight excluding hydrogens is 348 g/mol. The van der Waals surface area contributed by atoms with E-state index in [9.17, 15) is 19.7 Å². The number of ether oxygens (including phenoxy) is 1. The second-order valence-corrected chi connectivity index (χ2v) is 5.57. The van der Waals surface area contributed by atoms with Gasteiger partial charge in [0.05, 0.1) is 22.1 Å². The van der Waals surface area contributed by atoms with E-state index in [1.54, 1.807) is 24.3 Å². The highest BCUT2D eigenvalue weighted by molar-refractivity contribution is 6.34. The van der Waals surface area contributed by atoms with Gasteiger partial charge in [-0.25, -0.2) is 0 Å². The molecular formula is C17H15ClN2O5. The average Bonchev–Trinajstić information content (AvgIpc) is 2.56. The van der Waals surface area contributed by atoms with Crippen molar-refractivity contribution >= 4 is 34.9 Å². The lowest BCUT2D eigenvalue weighted by Crippen LogP contribution is -2.13. The third-order valence-electron chi connectivity index (χ3n) is 3.31. The maximum absolute atomic E-state index is 12.3. The minimum absolute atomic E-state index is 0.0230. The minimum atomic E-state index is -0.592. The van der Waals surface area contributed by atoms with E-state index >= 15 is 0 Å². The monoisotopic (exact) mass is 362 g/mol. The number of carbonyl (C=O) groups excluding carboxylic acids is 2. The van der Waals surface area contributed by atoms with Crippen LogP contribution in [-0.2, 0) is 16.0 Å². The van der Waals surface area contributed by atoms with Gasteiger partial charge in [0.1, 0.15) is 0 Å². The van der Waals surface area contributed by atoms with Crippen molar-refractivity contribution in [2.75, 3.05) is 11.9 Å². The van der Waals surface area contributed by atoms with Crippen LogP contribution >= 0.6 is 11.6 Å². The fourth-order valence-corrected chi connectivity index (χ4v) is 2.27. The summed E-state index contributed by atoms with van der Waals surface area (Å²) in [5.74, 6) is -0.876. The molecule has 0 atom stereocenters.